The number of benzene rings is 1. The molecule has 0 aliphatic heterocycles. The summed E-state index contributed by atoms with van der Waals surface area (Å²) in [6, 6.07) is 11.2. The standard InChI is InChI=1S/C20H22N6O3/c1-4-24(5-2)18-11-6-15(13-21-18)20(27)22-19-12-14(3)23-25(19)16-7-9-17(10-8-16)26(28)29/h6-13H,4-5H2,1-3H3,(H,22,27). The van der Waals surface area contributed by atoms with Crippen molar-refractivity contribution in [1.82, 2.24) is 14.8 Å². The van der Waals surface area contributed by atoms with Crippen LogP contribution in [0.2, 0.25) is 0 Å². The van der Waals surface area contributed by atoms with Gasteiger partial charge in [0.2, 0.25) is 0 Å². The molecular weight excluding hydrogens is 372 g/mol. The van der Waals surface area contributed by atoms with E-state index >= 15 is 0 Å². The molecule has 3 aromatic rings. The van der Waals surface area contributed by atoms with Gasteiger partial charge >= 0.3 is 0 Å². The molecule has 2 aromatic heterocycles. The van der Waals surface area contributed by atoms with E-state index in [1.807, 2.05) is 19.9 Å². The van der Waals surface area contributed by atoms with Crippen LogP contribution >= 0.6 is 0 Å². The number of hydrogen-bond acceptors (Lipinski definition) is 6. The summed E-state index contributed by atoms with van der Waals surface area (Å²) in [6.07, 6.45) is 1.54. The minimum atomic E-state index is -0.463. The lowest BCUT2D eigenvalue weighted by Gasteiger charge is -2.19. The Kier molecular flexibility index (Phi) is 5.87. The summed E-state index contributed by atoms with van der Waals surface area (Å²) in [4.78, 5) is 29.5. The number of anilines is 2. The van der Waals surface area contributed by atoms with Crippen LogP contribution in [0.25, 0.3) is 5.69 Å². The maximum absolute atomic E-state index is 12.7. The first-order chi connectivity index (χ1) is 13.9. The van der Waals surface area contributed by atoms with Crippen LogP contribution in [0.1, 0.15) is 29.9 Å². The smallest absolute Gasteiger partial charge is 0.269 e. The lowest BCUT2D eigenvalue weighted by molar-refractivity contribution is -0.384. The number of amides is 1. The van der Waals surface area contributed by atoms with Crippen molar-refractivity contribution in [2.45, 2.75) is 20.8 Å². The van der Waals surface area contributed by atoms with E-state index in [1.165, 1.54) is 16.8 Å². The second-order valence-corrected chi connectivity index (χ2v) is 6.39. The third-order valence-electron chi connectivity index (χ3n) is 4.48. The van der Waals surface area contributed by atoms with E-state index in [-0.39, 0.29) is 11.6 Å². The van der Waals surface area contributed by atoms with E-state index in [1.54, 1.807) is 37.4 Å². The first kappa shape index (κ1) is 20.0. The minimum Gasteiger partial charge on any atom is -0.357 e. The van der Waals surface area contributed by atoms with Gasteiger partial charge in [-0.25, -0.2) is 9.67 Å². The van der Waals surface area contributed by atoms with Gasteiger partial charge in [-0.05, 0) is 45.0 Å². The second kappa shape index (κ2) is 8.51. The van der Waals surface area contributed by atoms with Crippen molar-refractivity contribution in [3.05, 3.63) is 70.0 Å². The fraction of sp³-hybridized carbons (Fsp3) is 0.250. The molecule has 0 spiro atoms. The van der Waals surface area contributed by atoms with Crippen molar-refractivity contribution in [2.24, 2.45) is 0 Å². The predicted octanol–water partition coefficient (Wildman–Crippen LogP) is 3.58. The number of hydrogen-bond donors (Lipinski definition) is 1. The zero-order valence-corrected chi connectivity index (χ0v) is 16.5. The molecule has 0 aliphatic rings. The van der Waals surface area contributed by atoms with Gasteiger partial charge in [-0.1, -0.05) is 0 Å². The number of nitrogens with zero attached hydrogens (tertiary/aromatic N) is 5. The Bertz CT molecular complexity index is 1010. The van der Waals surface area contributed by atoms with Gasteiger partial charge in [0.05, 0.1) is 21.9 Å². The van der Waals surface area contributed by atoms with Crippen molar-refractivity contribution in [1.29, 1.82) is 0 Å². The van der Waals surface area contributed by atoms with Crippen molar-refractivity contribution < 1.29 is 9.72 Å². The molecule has 0 saturated carbocycles. The van der Waals surface area contributed by atoms with Gasteiger partial charge in [0.25, 0.3) is 11.6 Å². The van der Waals surface area contributed by atoms with Crippen molar-refractivity contribution in [3.63, 3.8) is 0 Å². The number of aromatic nitrogens is 3. The van der Waals surface area contributed by atoms with Crippen LogP contribution in [-0.2, 0) is 0 Å². The van der Waals surface area contributed by atoms with Gasteiger partial charge in [0.1, 0.15) is 11.6 Å². The highest BCUT2D eigenvalue weighted by Crippen LogP contribution is 2.21. The summed E-state index contributed by atoms with van der Waals surface area (Å²) in [5, 5.41) is 18.0. The molecule has 9 nitrogen and oxygen atoms in total. The number of nitro benzene ring substituents is 1. The van der Waals surface area contributed by atoms with Gasteiger partial charge in [-0.3, -0.25) is 14.9 Å². The Morgan fingerprint density at radius 1 is 1.17 bits per heavy atom. The lowest BCUT2D eigenvalue weighted by Crippen LogP contribution is -2.23. The zero-order valence-electron chi connectivity index (χ0n) is 16.5. The van der Waals surface area contributed by atoms with Gasteiger partial charge in [-0.15, -0.1) is 0 Å². The molecule has 0 unspecified atom stereocenters. The Labute approximate surface area is 168 Å². The fourth-order valence-corrected chi connectivity index (χ4v) is 2.94. The SMILES string of the molecule is CCN(CC)c1ccc(C(=O)Nc2cc(C)nn2-c2ccc([N+](=O)[O-])cc2)cn1. The summed E-state index contributed by atoms with van der Waals surface area (Å²) >= 11 is 0. The highest BCUT2D eigenvalue weighted by Gasteiger charge is 2.14. The first-order valence-electron chi connectivity index (χ1n) is 9.26. The number of carbonyl (C=O) groups is 1. The fourth-order valence-electron chi connectivity index (χ4n) is 2.94. The monoisotopic (exact) mass is 394 g/mol. The molecular formula is C20H22N6O3. The average Bonchev–Trinajstić information content (AvgIpc) is 3.09. The predicted molar refractivity (Wildman–Crippen MR) is 111 cm³/mol. The Balaban J connectivity index is 1.81. The molecule has 1 aromatic carbocycles. The highest BCUT2D eigenvalue weighted by atomic mass is 16.6. The molecule has 0 radical (unpaired) electrons. The Hall–Kier alpha value is -3.75. The van der Waals surface area contributed by atoms with Crippen LogP contribution in [0.15, 0.2) is 48.7 Å². The van der Waals surface area contributed by atoms with Crippen LogP contribution in [0, 0.1) is 17.0 Å². The van der Waals surface area contributed by atoms with Crippen molar-refractivity contribution in [2.75, 3.05) is 23.3 Å². The topological polar surface area (TPSA) is 106 Å². The molecule has 0 saturated heterocycles. The number of rotatable bonds is 7. The van der Waals surface area contributed by atoms with Crippen LogP contribution in [-0.4, -0.2) is 38.7 Å². The molecule has 0 aliphatic carbocycles. The van der Waals surface area contributed by atoms with E-state index in [4.69, 9.17) is 0 Å². The number of carbonyl (C=O) groups excluding carboxylic acids is 1. The van der Waals surface area contributed by atoms with Crippen LogP contribution < -0.4 is 10.2 Å². The van der Waals surface area contributed by atoms with Gasteiger partial charge < -0.3 is 10.2 Å². The molecule has 3 rings (SSSR count). The van der Waals surface area contributed by atoms with Crippen molar-refractivity contribution >= 4 is 23.2 Å². The third-order valence-corrected chi connectivity index (χ3v) is 4.48. The Morgan fingerprint density at radius 2 is 1.86 bits per heavy atom. The van der Waals surface area contributed by atoms with Gasteiger partial charge in [0.15, 0.2) is 0 Å². The van der Waals surface area contributed by atoms with E-state index in [0.29, 0.717) is 22.8 Å². The molecule has 0 atom stereocenters. The molecule has 9 heteroatoms. The number of nitro groups is 1. The molecule has 0 bridgehead atoms. The third kappa shape index (κ3) is 4.40. The molecule has 2 heterocycles. The van der Waals surface area contributed by atoms with Crippen LogP contribution in [0.4, 0.5) is 17.3 Å². The number of nitrogens with one attached hydrogen (secondary N) is 1. The largest absolute Gasteiger partial charge is 0.357 e. The van der Waals surface area contributed by atoms with Crippen LogP contribution in [0.3, 0.4) is 0 Å². The maximum atomic E-state index is 12.7. The summed E-state index contributed by atoms with van der Waals surface area (Å²) in [7, 11) is 0. The summed E-state index contributed by atoms with van der Waals surface area (Å²) in [5.41, 5.74) is 1.72. The number of aryl methyl sites for hydroxylation is 1. The van der Waals surface area contributed by atoms with Crippen LogP contribution in [0.5, 0.6) is 0 Å². The van der Waals surface area contributed by atoms with Gasteiger partial charge in [-0.2, -0.15) is 5.10 Å². The summed E-state index contributed by atoms with van der Waals surface area (Å²) in [6.45, 7) is 7.57. The molecule has 150 valence electrons. The zero-order chi connectivity index (χ0) is 21.0. The highest BCUT2D eigenvalue weighted by molar-refractivity contribution is 6.03. The maximum Gasteiger partial charge on any atom is 0.269 e. The molecule has 0 fully saturated rings. The molecule has 29 heavy (non-hydrogen) atoms. The summed E-state index contributed by atoms with van der Waals surface area (Å²) < 4.78 is 1.54. The molecule has 1 amide bonds. The average molecular weight is 394 g/mol. The minimum absolute atomic E-state index is 0.0115. The summed E-state index contributed by atoms with van der Waals surface area (Å²) in [5.74, 6) is 0.971. The van der Waals surface area contributed by atoms with Crippen molar-refractivity contribution in [3.8, 4) is 5.69 Å². The van der Waals surface area contributed by atoms with E-state index in [9.17, 15) is 14.9 Å². The molecule has 1 N–H and O–H groups in total. The van der Waals surface area contributed by atoms with E-state index in [0.717, 1.165) is 18.9 Å². The van der Waals surface area contributed by atoms with Gasteiger partial charge in [0, 0.05) is 37.5 Å². The van der Waals surface area contributed by atoms with E-state index in [2.05, 4.69) is 20.3 Å². The normalized spacial score (nSPS) is 10.6. The van der Waals surface area contributed by atoms with E-state index < -0.39 is 4.92 Å². The quantitative estimate of drug-likeness (QED) is 0.485. The Morgan fingerprint density at radius 3 is 2.41 bits per heavy atom. The first-order valence-corrected chi connectivity index (χ1v) is 9.26. The number of pyridine rings is 1. The lowest BCUT2D eigenvalue weighted by atomic mass is 10.2. The number of non-ortho nitro benzene ring substituents is 1. The second-order valence-electron chi connectivity index (χ2n) is 6.39.